The number of benzene rings is 1. The third kappa shape index (κ3) is 11.6. The molecule has 0 saturated heterocycles. The van der Waals surface area contributed by atoms with E-state index in [1.165, 1.54) is 0 Å². The molecule has 0 aliphatic heterocycles. The molecule has 2 aromatic heterocycles. The van der Waals surface area contributed by atoms with Gasteiger partial charge in [-0.05, 0) is 82.5 Å². The lowest BCUT2D eigenvalue weighted by atomic mass is 9.73. The van der Waals surface area contributed by atoms with Gasteiger partial charge in [0, 0.05) is 30.9 Å². The van der Waals surface area contributed by atoms with Crippen molar-refractivity contribution in [2.75, 3.05) is 19.8 Å². The Labute approximate surface area is 320 Å². The first-order valence-electron chi connectivity index (χ1n) is 18.6. The average molecular weight is 783 g/mol. The number of carbonyl (C=O) groups is 3. The van der Waals surface area contributed by atoms with Crippen LogP contribution in [-0.2, 0) is 6.42 Å². The number of aromatic nitrogens is 4. The van der Waals surface area contributed by atoms with Crippen molar-refractivity contribution in [3.05, 3.63) is 113 Å². The van der Waals surface area contributed by atoms with Crippen LogP contribution in [0.2, 0.25) is 0 Å². The van der Waals surface area contributed by atoms with Crippen LogP contribution in [0.3, 0.4) is 0 Å². The zero-order chi connectivity index (χ0) is 40.9. The van der Waals surface area contributed by atoms with Gasteiger partial charge >= 0.3 is 17.5 Å². The van der Waals surface area contributed by atoms with Gasteiger partial charge in [-0.3, -0.25) is 34.5 Å². The van der Waals surface area contributed by atoms with Gasteiger partial charge in [0.05, 0.1) is 12.4 Å². The fourth-order valence-electron chi connectivity index (χ4n) is 6.46. The molecule has 0 radical (unpaired) electrons. The van der Waals surface area contributed by atoms with E-state index >= 15 is 0 Å². The Morgan fingerprint density at radius 2 is 1.48 bits per heavy atom. The molecule has 0 spiro atoms. The van der Waals surface area contributed by atoms with Crippen molar-refractivity contribution >= 4 is 17.9 Å². The molecule has 0 unspecified atom stereocenters. The minimum Gasteiger partial charge on any atom is -0.478 e. The maximum absolute atomic E-state index is 13.7. The minimum atomic E-state index is -1.28. The van der Waals surface area contributed by atoms with E-state index in [9.17, 15) is 42.3 Å². The van der Waals surface area contributed by atoms with E-state index in [0.29, 0.717) is 39.3 Å². The highest BCUT2D eigenvalue weighted by molar-refractivity contribution is 5.79. The van der Waals surface area contributed by atoms with E-state index in [1.54, 1.807) is 9.97 Å². The lowest BCUT2D eigenvalue weighted by Crippen LogP contribution is -2.35. The summed E-state index contributed by atoms with van der Waals surface area (Å²) in [5, 5.41) is 5.74. The summed E-state index contributed by atoms with van der Waals surface area (Å²) in [7, 11) is 0. The Kier molecular flexibility index (Phi) is 15.6. The molecule has 0 fully saturated rings. The Balaban J connectivity index is 1.51. The Morgan fingerprint density at radius 3 is 2.07 bits per heavy atom. The molecular formula is C39H48F2N6O9. The number of aryl methyl sites for hydroxylation is 1. The summed E-state index contributed by atoms with van der Waals surface area (Å²) < 4.78 is 40.6. The molecular weight excluding hydrogens is 734 g/mol. The SMILES string of the molecule is C=C(C)[C@@H]1CCC(C)=C[C@H]1c1c(OCNCCCC(=O)n2cc(F)c(=O)[nH]c2=O)cc(CCCCC)cc1OC(=O)NCCCC(=O)n1cc(F)c(=O)[nH]c1=O. The van der Waals surface area contributed by atoms with Crippen LogP contribution in [0.15, 0.2) is 67.5 Å². The molecule has 1 aliphatic rings. The summed E-state index contributed by atoms with van der Waals surface area (Å²) in [6, 6.07) is 3.75. The fraction of sp³-hybridized carbons (Fsp3) is 0.462. The first kappa shape index (κ1) is 43.0. The third-order valence-electron chi connectivity index (χ3n) is 9.39. The Hall–Kier alpha value is -5.71. The number of allylic oxidation sites excluding steroid dienone is 3. The molecule has 4 rings (SSSR count). The monoisotopic (exact) mass is 782 g/mol. The number of hydrogen-bond donors (Lipinski definition) is 4. The topological polar surface area (TPSA) is 203 Å². The number of ether oxygens (including phenoxy) is 2. The molecule has 1 amide bonds. The van der Waals surface area contributed by atoms with Crippen molar-refractivity contribution in [1.29, 1.82) is 0 Å². The van der Waals surface area contributed by atoms with Crippen LogP contribution in [0.1, 0.15) is 105 Å². The zero-order valence-electron chi connectivity index (χ0n) is 31.8. The van der Waals surface area contributed by atoms with E-state index in [1.807, 2.05) is 26.0 Å². The molecule has 3 aromatic rings. The van der Waals surface area contributed by atoms with Crippen LogP contribution in [0.5, 0.6) is 11.5 Å². The molecule has 15 nitrogen and oxygen atoms in total. The van der Waals surface area contributed by atoms with Crippen LogP contribution in [0.4, 0.5) is 13.6 Å². The predicted octanol–water partition coefficient (Wildman–Crippen LogP) is 4.67. The van der Waals surface area contributed by atoms with Gasteiger partial charge in [0.1, 0.15) is 18.2 Å². The van der Waals surface area contributed by atoms with Crippen LogP contribution < -0.4 is 42.6 Å². The quantitative estimate of drug-likeness (QED) is 0.0798. The van der Waals surface area contributed by atoms with E-state index in [0.717, 1.165) is 48.8 Å². The minimum absolute atomic E-state index is 0.00193. The number of aromatic amines is 2. The largest absolute Gasteiger partial charge is 0.478 e. The normalized spacial score (nSPS) is 15.2. The van der Waals surface area contributed by atoms with Crippen LogP contribution >= 0.6 is 0 Å². The highest BCUT2D eigenvalue weighted by Gasteiger charge is 2.32. The maximum atomic E-state index is 13.7. The lowest BCUT2D eigenvalue weighted by Gasteiger charge is -2.33. The molecule has 0 saturated carbocycles. The molecule has 56 heavy (non-hydrogen) atoms. The van der Waals surface area contributed by atoms with E-state index in [4.69, 9.17) is 9.47 Å². The average Bonchev–Trinajstić information content (AvgIpc) is 3.14. The molecule has 4 N–H and O–H groups in total. The predicted molar refractivity (Wildman–Crippen MR) is 204 cm³/mol. The van der Waals surface area contributed by atoms with Gasteiger partial charge in [-0.2, -0.15) is 8.78 Å². The summed E-state index contributed by atoms with van der Waals surface area (Å²) in [4.78, 5) is 88.2. The summed E-state index contributed by atoms with van der Waals surface area (Å²) in [5.41, 5.74) is -0.926. The second-order valence-corrected chi connectivity index (χ2v) is 13.8. The van der Waals surface area contributed by atoms with Crippen LogP contribution in [-0.4, -0.2) is 56.8 Å². The van der Waals surface area contributed by atoms with Gasteiger partial charge in [0.25, 0.3) is 11.1 Å². The number of nitrogens with zero attached hydrogens (tertiary/aromatic N) is 2. The molecule has 0 bridgehead atoms. The second-order valence-electron chi connectivity index (χ2n) is 13.8. The molecule has 17 heteroatoms. The molecule has 302 valence electrons. The summed E-state index contributed by atoms with van der Waals surface area (Å²) in [6.45, 7) is 10.6. The molecule has 1 aliphatic carbocycles. The van der Waals surface area contributed by atoms with Gasteiger partial charge < -0.3 is 14.8 Å². The number of rotatable bonds is 18. The van der Waals surface area contributed by atoms with Crippen molar-refractivity contribution in [3.63, 3.8) is 0 Å². The summed E-state index contributed by atoms with van der Waals surface area (Å²) >= 11 is 0. The van der Waals surface area contributed by atoms with E-state index < -0.39 is 52.0 Å². The van der Waals surface area contributed by atoms with Gasteiger partial charge in [0.15, 0.2) is 0 Å². The highest BCUT2D eigenvalue weighted by atomic mass is 19.1. The molecule has 1 aromatic carbocycles. The number of H-pyrrole nitrogens is 2. The number of amides is 1. The summed E-state index contributed by atoms with van der Waals surface area (Å²) in [5.74, 6) is -3.48. The van der Waals surface area contributed by atoms with Crippen molar-refractivity contribution in [2.45, 2.75) is 90.9 Å². The first-order chi connectivity index (χ1) is 26.7. The number of nitrogens with one attached hydrogen (secondary N) is 4. The zero-order valence-corrected chi connectivity index (χ0v) is 31.8. The lowest BCUT2D eigenvalue weighted by molar-refractivity contribution is 0.0883. The van der Waals surface area contributed by atoms with Crippen molar-refractivity contribution in [3.8, 4) is 11.5 Å². The second kappa shape index (κ2) is 20.3. The number of unbranched alkanes of at least 4 members (excludes halogenated alkanes) is 2. The number of halogens is 2. The fourth-order valence-corrected chi connectivity index (χ4v) is 6.46. The van der Waals surface area contributed by atoms with Crippen LogP contribution in [0.25, 0.3) is 0 Å². The van der Waals surface area contributed by atoms with Crippen molar-refractivity contribution in [1.82, 2.24) is 29.7 Å². The smallest absolute Gasteiger partial charge is 0.412 e. The Morgan fingerprint density at radius 1 is 0.893 bits per heavy atom. The Bertz CT molecular complexity index is 2200. The first-order valence-corrected chi connectivity index (χ1v) is 18.6. The third-order valence-corrected chi connectivity index (χ3v) is 9.39. The van der Waals surface area contributed by atoms with Crippen molar-refractivity contribution in [2.24, 2.45) is 5.92 Å². The number of hydrogen-bond acceptors (Lipinski definition) is 10. The standard InChI is InChI=1S/C39H48F2N6O9/c1-5-6-7-10-25-18-30(55-22-42-15-8-11-32(48)46-20-28(40)35(50)44-37(46)52)34(27-17-24(4)13-14-26(27)23(2)3)31(19-25)56-39(54)43-16-9-12-33(49)47-21-29(41)36(51)45-38(47)53/h17-21,26-27,42H,2,5-16,22H2,1,3-4H3,(H,43,54)(H,44,50,52)(H,45,51,53)/t26-,27+/m0/s1. The molecule has 2 heterocycles. The maximum Gasteiger partial charge on any atom is 0.412 e. The van der Waals surface area contributed by atoms with Gasteiger partial charge in [-0.15, -0.1) is 0 Å². The van der Waals surface area contributed by atoms with Gasteiger partial charge in [0.2, 0.25) is 23.4 Å². The highest BCUT2D eigenvalue weighted by Crippen LogP contribution is 2.47. The van der Waals surface area contributed by atoms with Crippen LogP contribution in [0, 0.1) is 17.6 Å². The molecule has 2 atom stereocenters. The van der Waals surface area contributed by atoms with Gasteiger partial charge in [-0.25, -0.2) is 23.5 Å². The summed E-state index contributed by atoms with van der Waals surface area (Å²) in [6.07, 6.45) is 7.63. The number of carbonyl (C=O) groups excluding carboxylic acids is 3. The van der Waals surface area contributed by atoms with Gasteiger partial charge in [-0.1, -0.05) is 43.6 Å². The van der Waals surface area contributed by atoms with Crippen molar-refractivity contribution < 1.29 is 32.6 Å². The van der Waals surface area contributed by atoms with E-state index in [2.05, 4.69) is 30.2 Å². The van der Waals surface area contributed by atoms with E-state index in [-0.39, 0.29) is 63.1 Å².